The summed E-state index contributed by atoms with van der Waals surface area (Å²) >= 11 is 0. The van der Waals surface area contributed by atoms with Gasteiger partial charge in [-0.3, -0.25) is 4.79 Å². The summed E-state index contributed by atoms with van der Waals surface area (Å²) in [6.45, 7) is 4.09. The fourth-order valence-corrected chi connectivity index (χ4v) is 3.68. The highest BCUT2D eigenvalue weighted by molar-refractivity contribution is 6.01. The Balaban J connectivity index is 1.88. The highest BCUT2D eigenvalue weighted by Crippen LogP contribution is 2.36. The van der Waals surface area contributed by atoms with Gasteiger partial charge in [0.2, 0.25) is 0 Å². The zero-order chi connectivity index (χ0) is 21.1. The van der Waals surface area contributed by atoms with E-state index in [-0.39, 0.29) is 24.5 Å². The monoisotopic (exact) mass is 396 g/mol. The number of carbonyl (C=O) groups excluding carboxylic acids is 1. The quantitative estimate of drug-likeness (QED) is 0.634. The predicted octanol–water partition coefficient (Wildman–Crippen LogP) is 2.17. The molecule has 8 nitrogen and oxygen atoms in total. The average Bonchev–Trinajstić information content (AvgIpc) is 2.68. The van der Waals surface area contributed by atoms with Crippen molar-refractivity contribution in [2.45, 2.75) is 32.4 Å². The topological polar surface area (TPSA) is 115 Å². The number of rotatable bonds is 6. The smallest absolute Gasteiger partial charge is 0.404 e. The van der Waals surface area contributed by atoms with Gasteiger partial charge >= 0.3 is 6.09 Å². The molecule has 2 aliphatic heterocycles. The summed E-state index contributed by atoms with van der Waals surface area (Å²) in [5, 5.41) is 24.1. The first-order chi connectivity index (χ1) is 13.8. The van der Waals surface area contributed by atoms with Crippen LogP contribution in [0.3, 0.4) is 0 Å². The van der Waals surface area contributed by atoms with Gasteiger partial charge in [0.25, 0.3) is 5.91 Å². The van der Waals surface area contributed by atoms with Crippen LogP contribution < -0.4 is 10.6 Å². The largest absolute Gasteiger partial charge is 0.490 e. The van der Waals surface area contributed by atoms with Crippen LogP contribution in [0, 0.1) is 17.2 Å². The van der Waals surface area contributed by atoms with Gasteiger partial charge in [0.1, 0.15) is 18.4 Å². The fraction of sp³-hybridized carbons (Fsp3) is 0.381. The second kappa shape index (κ2) is 8.27. The maximum Gasteiger partial charge on any atom is 0.404 e. The van der Waals surface area contributed by atoms with Gasteiger partial charge in [-0.2, -0.15) is 5.26 Å². The van der Waals surface area contributed by atoms with Gasteiger partial charge < -0.3 is 25.4 Å². The van der Waals surface area contributed by atoms with Crippen molar-refractivity contribution in [3.8, 4) is 6.07 Å². The maximum absolute atomic E-state index is 12.7. The van der Waals surface area contributed by atoms with Gasteiger partial charge in [0, 0.05) is 19.4 Å². The third-order valence-corrected chi connectivity index (χ3v) is 4.98. The molecule has 0 saturated carbocycles. The number of nitriles is 1. The number of likely N-dealkylation sites (N-methyl/N-ethyl adjacent to an activating group) is 1. The summed E-state index contributed by atoms with van der Waals surface area (Å²) in [4.78, 5) is 25.3. The van der Waals surface area contributed by atoms with E-state index in [1.54, 1.807) is 36.5 Å². The summed E-state index contributed by atoms with van der Waals surface area (Å²) in [6.07, 6.45) is 8.20. The lowest BCUT2D eigenvalue weighted by atomic mass is 9.84. The molecular formula is C21H24N4O4. The first-order valence-electron chi connectivity index (χ1n) is 9.42. The third-order valence-electron chi connectivity index (χ3n) is 4.98. The van der Waals surface area contributed by atoms with Gasteiger partial charge in [0.05, 0.1) is 23.2 Å². The van der Waals surface area contributed by atoms with Crippen molar-refractivity contribution in [1.29, 1.82) is 5.26 Å². The molecule has 2 amide bonds. The van der Waals surface area contributed by atoms with Crippen molar-refractivity contribution in [2.75, 3.05) is 13.7 Å². The molecule has 2 heterocycles. The van der Waals surface area contributed by atoms with Crippen LogP contribution in [-0.2, 0) is 9.53 Å². The Labute approximate surface area is 169 Å². The van der Waals surface area contributed by atoms with Gasteiger partial charge in [0.15, 0.2) is 0 Å². The van der Waals surface area contributed by atoms with Crippen LogP contribution in [0.1, 0.15) is 20.3 Å². The van der Waals surface area contributed by atoms with Crippen molar-refractivity contribution in [3.05, 3.63) is 58.7 Å². The molecule has 0 aromatic carbocycles. The molecule has 0 aromatic heterocycles. The Hall–Kier alpha value is -3.47. The van der Waals surface area contributed by atoms with E-state index < -0.39 is 12.1 Å². The minimum atomic E-state index is -1.12. The summed E-state index contributed by atoms with van der Waals surface area (Å²) in [5.41, 5.74) is 2.53. The number of allylic oxidation sites excluding steroid dienone is 2. The van der Waals surface area contributed by atoms with E-state index in [2.05, 4.69) is 16.7 Å². The highest BCUT2D eigenvalue weighted by atomic mass is 16.5. The lowest BCUT2D eigenvalue weighted by Gasteiger charge is -2.37. The van der Waals surface area contributed by atoms with Crippen LogP contribution in [0.2, 0.25) is 0 Å². The van der Waals surface area contributed by atoms with Crippen LogP contribution in [0.4, 0.5) is 4.79 Å². The van der Waals surface area contributed by atoms with Gasteiger partial charge in [-0.05, 0) is 41.7 Å². The van der Waals surface area contributed by atoms with Crippen molar-refractivity contribution >= 4 is 12.0 Å². The Bertz CT molecular complexity index is 917. The third kappa shape index (κ3) is 4.19. The van der Waals surface area contributed by atoms with E-state index >= 15 is 0 Å². The van der Waals surface area contributed by atoms with Gasteiger partial charge in [-0.1, -0.05) is 13.8 Å². The summed E-state index contributed by atoms with van der Waals surface area (Å²) < 4.78 is 5.86. The Kier molecular flexibility index (Phi) is 5.78. The first kappa shape index (κ1) is 20.3. The zero-order valence-corrected chi connectivity index (χ0v) is 16.6. The molecule has 0 saturated heterocycles. The molecule has 2 atom stereocenters. The molecule has 1 aliphatic carbocycles. The van der Waals surface area contributed by atoms with E-state index in [4.69, 9.17) is 9.84 Å². The highest BCUT2D eigenvalue weighted by Gasteiger charge is 2.36. The first-order valence-corrected chi connectivity index (χ1v) is 9.42. The summed E-state index contributed by atoms with van der Waals surface area (Å²) in [5.74, 6) is 0.505. The molecule has 29 heavy (non-hydrogen) atoms. The predicted molar refractivity (Wildman–Crippen MR) is 106 cm³/mol. The molecule has 3 aliphatic rings. The van der Waals surface area contributed by atoms with E-state index in [0.717, 1.165) is 11.1 Å². The number of dihydropyridines is 1. The van der Waals surface area contributed by atoms with E-state index in [9.17, 15) is 14.9 Å². The molecule has 0 bridgehead atoms. The standard InChI is InChI=1S/C21H24N4O4/c1-12(2)6-14(24-21(27)28)11-29-19-8-18-16(7-13(19)9-22)15-4-5-23-10-17(15)20(26)25(18)3/h4-5,7-8,10,12,14,18,23-24H,6,11H2,1-3H3,(H,27,28). The van der Waals surface area contributed by atoms with E-state index in [1.165, 1.54) is 0 Å². The van der Waals surface area contributed by atoms with Crippen LogP contribution in [-0.4, -0.2) is 47.7 Å². The van der Waals surface area contributed by atoms with Crippen LogP contribution in [0.25, 0.3) is 0 Å². The lowest BCUT2D eigenvalue weighted by molar-refractivity contribution is -0.126. The minimum absolute atomic E-state index is 0.0978. The van der Waals surface area contributed by atoms with Crippen LogP contribution >= 0.6 is 0 Å². The number of nitrogens with zero attached hydrogens (tertiary/aromatic N) is 2. The number of hydrogen-bond donors (Lipinski definition) is 3. The molecule has 3 N–H and O–H groups in total. The maximum atomic E-state index is 12.7. The normalized spacial score (nSPS) is 21.2. The summed E-state index contributed by atoms with van der Waals surface area (Å²) in [7, 11) is 1.70. The van der Waals surface area contributed by atoms with E-state index in [0.29, 0.717) is 23.3 Å². The molecule has 0 spiro atoms. The Morgan fingerprint density at radius 2 is 2.24 bits per heavy atom. The lowest BCUT2D eigenvalue weighted by Crippen LogP contribution is -2.44. The molecular weight excluding hydrogens is 372 g/mol. The second-order valence-corrected chi connectivity index (χ2v) is 7.58. The molecule has 0 radical (unpaired) electrons. The number of hydrogen-bond acceptors (Lipinski definition) is 5. The number of fused-ring (bicyclic) bond motifs is 2. The Morgan fingerprint density at radius 1 is 1.48 bits per heavy atom. The van der Waals surface area contributed by atoms with Gasteiger partial charge in [-0.25, -0.2) is 4.79 Å². The van der Waals surface area contributed by atoms with Crippen LogP contribution in [0.15, 0.2) is 58.7 Å². The second-order valence-electron chi connectivity index (χ2n) is 7.58. The number of carboxylic acid groups (broad SMARTS) is 1. The fourth-order valence-electron chi connectivity index (χ4n) is 3.68. The molecule has 152 valence electrons. The average molecular weight is 396 g/mol. The van der Waals surface area contributed by atoms with E-state index in [1.807, 2.05) is 19.9 Å². The molecule has 2 unspecified atom stereocenters. The molecule has 3 rings (SSSR count). The van der Waals surface area contributed by atoms with Crippen molar-refractivity contribution in [3.63, 3.8) is 0 Å². The Morgan fingerprint density at radius 3 is 2.90 bits per heavy atom. The molecule has 8 heteroatoms. The van der Waals surface area contributed by atoms with Crippen LogP contribution in [0.5, 0.6) is 0 Å². The zero-order valence-electron chi connectivity index (χ0n) is 16.6. The number of nitrogens with one attached hydrogen (secondary N) is 2. The molecule has 0 fully saturated rings. The van der Waals surface area contributed by atoms with Crippen molar-refractivity contribution in [1.82, 2.24) is 15.5 Å². The minimum Gasteiger partial charge on any atom is -0.490 e. The number of amides is 2. The van der Waals surface area contributed by atoms with Crippen molar-refractivity contribution in [2.24, 2.45) is 5.92 Å². The molecule has 0 aromatic rings. The SMILES string of the molecule is CC(C)CC(COC1=CC2C(=C3C=CNC=C3C(=O)N2C)C=C1C#N)NC(=O)O. The van der Waals surface area contributed by atoms with Crippen molar-refractivity contribution < 1.29 is 19.4 Å². The summed E-state index contributed by atoms with van der Waals surface area (Å²) in [6, 6.07) is 1.39. The number of carbonyl (C=O) groups is 2. The number of ether oxygens (including phenoxy) is 1. The van der Waals surface area contributed by atoms with Gasteiger partial charge in [-0.15, -0.1) is 0 Å².